The summed E-state index contributed by atoms with van der Waals surface area (Å²) in [4.78, 5) is 34.5. The number of amides is 2. The summed E-state index contributed by atoms with van der Waals surface area (Å²) < 4.78 is 11.0. The van der Waals surface area contributed by atoms with Gasteiger partial charge in [-0.05, 0) is 54.5 Å². The zero-order valence-corrected chi connectivity index (χ0v) is 18.7. The largest absolute Gasteiger partial charge is 0.494 e. The van der Waals surface area contributed by atoms with E-state index in [1.165, 1.54) is 0 Å². The van der Waals surface area contributed by atoms with E-state index in [0.717, 1.165) is 61.2 Å². The molecule has 2 fully saturated rings. The highest BCUT2D eigenvalue weighted by Crippen LogP contribution is 2.36. The molecule has 0 atom stereocenters. The highest BCUT2D eigenvalue weighted by atomic mass is 16.5. The number of fused-ring (bicyclic) bond motifs is 1. The predicted molar refractivity (Wildman–Crippen MR) is 124 cm³/mol. The highest BCUT2D eigenvalue weighted by Gasteiger charge is 2.23. The SMILES string of the molecule is COc1ccc(C2CCOCC2)c2nc(NC(=O)c3ccc(CN4CCCC4=O)cc3)[nH]c12. The fraction of sp³-hybridized carbons (Fsp3) is 0.400. The van der Waals surface area contributed by atoms with Crippen molar-refractivity contribution >= 4 is 28.8 Å². The maximum atomic E-state index is 12.9. The summed E-state index contributed by atoms with van der Waals surface area (Å²) in [6, 6.07) is 11.4. The average molecular weight is 449 g/mol. The van der Waals surface area contributed by atoms with Crippen molar-refractivity contribution in [2.75, 3.05) is 32.2 Å². The molecule has 0 spiro atoms. The van der Waals surface area contributed by atoms with Gasteiger partial charge < -0.3 is 19.4 Å². The van der Waals surface area contributed by atoms with Crippen LogP contribution in [0.25, 0.3) is 11.0 Å². The number of nitrogens with one attached hydrogen (secondary N) is 2. The van der Waals surface area contributed by atoms with Gasteiger partial charge in [0.05, 0.1) is 12.6 Å². The molecule has 0 saturated carbocycles. The molecule has 2 aliphatic heterocycles. The van der Waals surface area contributed by atoms with Crippen molar-refractivity contribution in [3.63, 3.8) is 0 Å². The van der Waals surface area contributed by atoms with Crippen LogP contribution in [0.5, 0.6) is 5.75 Å². The molecule has 3 heterocycles. The molecule has 2 amide bonds. The van der Waals surface area contributed by atoms with Crippen LogP contribution in [0.4, 0.5) is 5.95 Å². The Morgan fingerprint density at radius 1 is 1.21 bits per heavy atom. The zero-order chi connectivity index (χ0) is 22.8. The minimum atomic E-state index is -0.246. The molecule has 0 radical (unpaired) electrons. The van der Waals surface area contributed by atoms with Crippen LogP contribution in [0, 0.1) is 0 Å². The Kier molecular flexibility index (Phi) is 6.00. The summed E-state index contributed by atoms with van der Waals surface area (Å²) >= 11 is 0. The van der Waals surface area contributed by atoms with Gasteiger partial charge in [0, 0.05) is 38.3 Å². The number of aromatic amines is 1. The summed E-state index contributed by atoms with van der Waals surface area (Å²) in [5.74, 6) is 1.39. The number of imidazole rings is 1. The fourth-order valence-electron chi connectivity index (χ4n) is 4.69. The number of methoxy groups -OCH3 is 1. The molecule has 33 heavy (non-hydrogen) atoms. The number of benzene rings is 2. The van der Waals surface area contributed by atoms with Gasteiger partial charge in [-0.1, -0.05) is 18.2 Å². The second-order valence-electron chi connectivity index (χ2n) is 8.62. The number of carbonyl (C=O) groups excluding carboxylic acids is 2. The molecule has 5 rings (SSSR count). The van der Waals surface area contributed by atoms with E-state index in [1.54, 1.807) is 19.2 Å². The zero-order valence-electron chi connectivity index (χ0n) is 18.7. The number of ether oxygens (including phenoxy) is 2. The van der Waals surface area contributed by atoms with Gasteiger partial charge in [-0.2, -0.15) is 0 Å². The number of likely N-dealkylation sites (tertiary alicyclic amines) is 1. The van der Waals surface area contributed by atoms with E-state index in [9.17, 15) is 9.59 Å². The van der Waals surface area contributed by atoms with Gasteiger partial charge >= 0.3 is 0 Å². The Labute approximate surface area is 192 Å². The summed E-state index contributed by atoms with van der Waals surface area (Å²) in [6.45, 7) is 2.87. The molecule has 2 saturated heterocycles. The number of hydrogen-bond donors (Lipinski definition) is 2. The third-order valence-corrected chi connectivity index (χ3v) is 6.51. The molecule has 0 aliphatic carbocycles. The first-order valence-corrected chi connectivity index (χ1v) is 11.4. The standard InChI is InChI=1S/C25H28N4O4/c1-32-20-9-8-19(17-10-13-33-14-11-17)22-23(20)27-25(26-22)28-24(31)18-6-4-16(5-7-18)15-29-12-2-3-21(29)30/h4-9,17H,2-3,10-15H2,1H3,(H2,26,27,28,31). The number of aromatic nitrogens is 2. The number of anilines is 1. The number of H-pyrrole nitrogens is 1. The molecule has 0 bridgehead atoms. The summed E-state index contributed by atoms with van der Waals surface area (Å²) in [7, 11) is 1.62. The number of hydrogen-bond acceptors (Lipinski definition) is 5. The molecule has 8 nitrogen and oxygen atoms in total. The van der Waals surface area contributed by atoms with Gasteiger partial charge in [-0.3, -0.25) is 14.9 Å². The van der Waals surface area contributed by atoms with Crippen LogP contribution >= 0.6 is 0 Å². The smallest absolute Gasteiger partial charge is 0.257 e. The van der Waals surface area contributed by atoms with Gasteiger partial charge in [0.2, 0.25) is 11.9 Å². The number of nitrogens with zero attached hydrogens (tertiary/aromatic N) is 2. The quantitative estimate of drug-likeness (QED) is 0.597. The molecule has 3 aromatic rings. The Morgan fingerprint density at radius 2 is 2.00 bits per heavy atom. The van der Waals surface area contributed by atoms with Crippen LogP contribution in [-0.2, 0) is 16.1 Å². The Morgan fingerprint density at radius 3 is 2.70 bits per heavy atom. The van der Waals surface area contributed by atoms with E-state index in [-0.39, 0.29) is 11.8 Å². The van der Waals surface area contributed by atoms with Crippen molar-refractivity contribution in [1.82, 2.24) is 14.9 Å². The van der Waals surface area contributed by atoms with Gasteiger partial charge in [0.15, 0.2) is 0 Å². The monoisotopic (exact) mass is 448 g/mol. The highest BCUT2D eigenvalue weighted by molar-refractivity contribution is 6.04. The predicted octanol–water partition coefficient (Wildman–Crippen LogP) is 3.84. The maximum Gasteiger partial charge on any atom is 0.257 e. The lowest BCUT2D eigenvalue weighted by molar-refractivity contribution is -0.128. The molecule has 1 aromatic heterocycles. The molecule has 2 aliphatic rings. The lowest BCUT2D eigenvalue weighted by atomic mass is 9.90. The van der Waals surface area contributed by atoms with Crippen molar-refractivity contribution in [1.29, 1.82) is 0 Å². The molecule has 172 valence electrons. The minimum Gasteiger partial charge on any atom is -0.494 e. The lowest BCUT2D eigenvalue weighted by Gasteiger charge is -2.22. The lowest BCUT2D eigenvalue weighted by Crippen LogP contribution is -2.23. The van der Waals surface area contributed by atoms with Gasteiger partial charge in [-0.25, -0.2) is 4.98 Å². The van der Waals surface area contributed by atoms with Crippen LogP contribution in [0.3, 0.4) is 0 Å². The normalized spacial score (nSPS) is 17.0. The summed E-state index contributed by atoms with van der Waals surface area (Å²) in [6.07, 6.45) is 3.44. The van der Waals surface area contributed by atoms with E-state index in [2.05, 4.69) is 16.4 Å². The second-order valence-corrected chi connectivity index (χ2v) is 8.62. The molecule has 2 N–H and O–H groups in total. The first kappa shape index (κ1) is 21.5. The van der Waals surface area contributed by atoms with Crippen LogP contribution in [0.2, 0.25) is 0 Å². The first-order valence-electron chi connectivity index (χ1n) is 11.4. The van der Waals surface area contributed by atoms with Crippen LogP contribution in [0.1, 0.15) is 53.1 Å². The third kappa shape index (κ3) is 4.43. The average Bonchev–Trinajstić information content (AvgIpc) is 3.45. The second kappa shape index (κ2) is 9.23. The first-order chi connectivity index (χ1) is 16.1. The Hall–Kier alpha value is -3.39. The van der Waals surface area contributed by atoms with Crippen molar-refractivity contribution < 1.29 is 19.1 Å². The number of carbonyl (C=O) groups is 2. The van der Waals surface area contributed by atoms with E-state index >= 15 is 0 Å². The molecule has 8 heteroatoms. The van der Waals surface area contributed by atoms with Crippen molar-refractivity contribution in [2.45, 2.75) is 38.1 Å². The van der Waals surface area contributed by atoms with Crippen molar-refractivity contribution in [2.24, 2.45) is 0 Å². The van der Waals surface area contributed by atoms with E-state index in [0.29, 0.717) is 36.1 Å². The van der Waals surface area contributed by atoms with Crippen molar-refractivity contribution in [3.8, 4) is 5.75 Å². The van der Waals surface area contributed by atoms with Crippen LogP contribution < -0.4 is 10.1 Å². The minimum absolute atomic E-state index is 0.192. The van der Waals surface area contributed by atoms with E-state index in [4.69, 9.17) is 14.5 Å². The maximum absolute atomic E-state index is 12.9. The van der Waals surface area contributed by atoms with Crippen molar-refractivity contribution in [3.05, 3.63) is 53.1 Å². The Balaban J connectivity index is 1.34. The van der Waals surface area contributed by atoms with Gasteiger partial charge in [-0.15, -0.1) is 0 Å². The van der Waals surface area contributed by atoms with Gasteiger partial charge in [0.1, 0.15) is 11.3 Å². The summed E-state index contributed by atoms with van der Waals surface area (Å²) in [5.41, 5.74) is 4.29. The van der Waals surface area contributed by atoms with Gasteiger partial charge in [0.25, 0.3) is 5.91 Å². The molecular weight excluding hydrogens is 420 g/mol. The molecule has 2 aromatic carbocycles. The molecular formula is C25H28N4O4. The summed E-state index contributed by atoms with van der Waals surface area (Å²) in [5, 5.41) is 2.88. The topological polar surface area (TPSA) is 96.6 Å². The fourth-order valence-corrected chi connectivity index (χ4v) is 4.69. The van der Waals surface area contributed by atoms with Crippen LogP contribution in [0.15, 0.2) is 36.4 Å². The van der Waals surface area contributed by atoms with Crippen LogP contribution in [-0.4, -0.2) is 53.6 Å². The third-order valence-electron chi connectivity index (χ3n) is 6.51. The van der Waals surface area contributed by atoms with E-state index < -0.39 is 0 Å². The number of rotatable bonds is 6. The Bertz CT molecular complexity index is 1170. The molecule has 0 unspecified atom stereocenters. The van der Waals surface area contributed by atoms with E-state index in [1.807, 2.05) is 23.1 Å².